The van der Waals surface area contributed by atoms with Gasteiger partial charge in [0.25, 0.3) is 0 Å². The number of aliphatic hydroxyl groups excluding tert-OH is 1. The van der Waals surface area contributed by atoms with Crippen LogP contribution < -0.4 is 5.32 Å². The van der Waals surface area contributed by atoms with Gasteiger partial charge in [-0.1, -0.05) is 23.7 Å². The van der Waals surface area contributed by atoms with E-state index < -0.39 is 18.1 Å². The van der Waals surface area contributed by atoms with E-state index in [1.165, 1.54) is 19.2 Å². The van der Waals surface area contributed by atoms with Gasteiger partial charge in [0.1, 0.15) is 12.0 Å². The van der Waals surface area contributed by atoms with Crippen molar-refractivity contribution in [3.63, 3.8) is 0 Å². The lowest BCUT2D eigenvalue weighted by molar-refractivity contribution is 0.0819. The van der Waals surface area contributed by atoms with Crippen LogP contribution in [0, 0.1) is 12.7 Å². The molecule has 0 spiro atoms. The fourth-order valence-corrected chi connectivity index (χ4v) is 1.31. The molecule has 0 aromatic heterocycles. The zero-order valence-electron chi connectivity index (χ0n) is 9.28. The summed E-state index contributed by atoms with van der Waals surface area (Å²) in [5.41, 5.74) is 0.465. The van der Waals surface area contributed by atoms with Crippen LogP contribution in [-0.2, 0) is 6.54 Å². The van der Waals surface area contributed by atoms with E-state index in [-0.39, 0.29) is 11.6 Å². The van der Waals surface area contributed by atoms with Crippen LogP contribution in [0.15, 0.2) is 18.2 Å². The Bertz CT molecular complexity index is 412. The van der Waals surface area contributed by atoms with Crippen LogP contribution >= 0.6 is 11.6 Å². The number of hydrogen-bond acceptors (Lipinski definition) is 2. The van der Waals surface area contributed by atoms with E-state index >= 15 is 0 Å². The van der Waals surface area contributed by atoms with E-state index in [1.807, 2.05) is 0 Å². The normalized spacial score (nSPS) is 12.1. The zero-order chi connectivity index (χ0) is 13.0. The summed E-state index contributed by atoms with van der Waals surface area (Å²) in [6, 6.07) is 3.82. The topological polar surface area (TPSA) is 52.6 Å². The number of carbonyl (C=O) groups excluding carboxylic acids is 1. The third-order valence-electron chi connectivity index (χ3n) is 2.23. The van der Waals surface area contributed by atoms with Crippen molar-refractivity contribution in [3.8, 4) is 0 Å². The second-order valence-electron chi connectivity index (χ2n) is 3.46. The Morgan fingerprint density at radius 3 is 2.94 bits per heavy atom. The van der Waals surface area contributed by atoms with Crippen LogP contribution in [0.25, 0.3) is 0 Å². The molecule has 1 unspecified atom stereocenters. The third kappa shape index (κ3) is 3.57. The second-order valence-corrected chi connectivity index (χ2v) is 3.84. The smallest absolute Gasteiger partial charge is 0.319 e. The molecular formula is C11H13ClFN2O2. The van der Waals surface area contributed by atoms with E-state index in [0.717, 1.165) is 4.90 Å². The Balaban J connectivity index is 2.62. The maximum absolute atomic E-state index is 13.1. The predicted octanol–water partition coefficient (Wildman–Crippen LogP) is 1.77. The highest BCUT2D eigenvalue weighted by atomic mass is 35.5. The lowest BCUT2D eigenvalue weighted by Crippen LogP contribution is -2.42. The Morgan fingerprint density at radius 1 is 1.71 bits per heavy atom. The first-order chi connectivity index (χ1) is 7.93. The van der Waals surface area contributed by atoms with Crippen LogP contribution in [0.4, 0.5) is 9.18 Å². The van der Waals surface area contributed by atoms with Gasteiger partial charge in [-0.2, -0.15) is 0 Å². The molecule has 6 heteroatoms. The van der Waals surface area contributed by atoms with Crippen molar-refractivity contribution in [2.75, 3.05) is 7.05 Å². The number of halogens is 2. The zero-order valence-corrected chi connectivity index (χ0v) is 10.0. The fraction of sp³-hybridized carbons (Fsp3) is 0.273. The molecule has 0 saturated carbocycles. The Hall–Kier alpha value is -1.33. The molecule has 2 N–H and O–H groups in total. The SMILES string of the molecule is [CH2]C(O)N(C)C(=O)NCc1cccc(F)c1Cl. The predicted molar refractivity (Wildman–Crippen MR) is 62.8 cm³/mol. The van der Waals surface area contributed by atoms with Crippen LogP contribution in [0.5, 0.6) is 0 Å². The van der Waals surface area contributed by atoms with Crippen molar-refractivity contribution in [2.24, 2.45) is 0 Å². The van der Waals surface area contributed by atoms with Gasteiger partial charge < -0.3 is 15.3 Å². The molecule has 2 amide bonds. The number of rotatable bonds is 3. The summed E-state index contributed by atoms with van der Waals surface area (Å²) in [4.78, 5) is 12.4. The minimum atomic E-state index is -1.14. The highest BCUT2D eigenvalue weighted by Crippen LogP contribution is 2.19. The van der Waals surface area contributed by atoms with E-state index in [4.69, 9.17) is 16.7 Å². The van der Waals surface area contributed by atoms with Gasteiger partial charge in [0.05, 0.1) is 5.02 Å². The molecule has 17 heavy (non-hydrogen) atoms. The van der Waals surface area contributed by atoms with Gasteiger partial charge in [0.2, 0.25) is 0 Å². The summed E-state index contributed by atoms with van der Waals surface area (Å²) >= 11 is 5.72. The quantitative estimate of drug-likeness (QED) is 0.813. The monoisotopic (exact) mass is 259 g/mol. The van der Waals surface area contributed by atoms with Crippen molar-refractivity contribution in [1.29, 1.82) is 0 Å². The molecule has 1 aromatic rings. The van der Waals surface area contributed by atoms with Crippen molar-refractivity contribution in [2.45, 2.75) is 12.8 Å². The van der Waals surface area contributed by atoms with Gasteiger partial charge in [-0.05, 0) is 18.6 Å². The molecule has 1 radical (unpaired) electrons. The number of nitrogens with zero attached hydrogens (tertiary/aromatic N) is 1. The van der Waals surface area contributed by atoms with E-state index in [9.17, 15) is 9.18 Å². The number of amides is 2. The molecule has 1 rings (SSSR count). The highest BCUT2D eigenvalue weighted by Gasteiger charge is 2.13. The van der Waals surface area contributed by atoms with Gasteiger partial charge in [-0.15, -0.1) is 0 Å². The van der Waals surface area contributed by atoms with Crippen molar-refractivity contribution in [3.05, 3.63) is 41.5 Å². The summed E-state index contributed by atoms with van der Waals surface area (Å²) in [5, 5.41) is 11.5. The molecule has 1 aromatic carbocycles. The molecule has 0 saturated heterocycles. The third-order valence-corrected chi connectivity index (χ3v) is 2.65. The molecule has 0 fully saturated rings. The van der Waals surface area contributed by atoms with Crippen LogP contribution in [-0.4, -0.2) is 29.3 Å². The molecular weight excluding hydrogens is 247 g/mol. The largest absolute Gasteiger partial charge is 0.373 e. The number of benzene rings is 1. The summed E-state index contributed by atoms with van der Waals surface area (Å²) in [5.74, 6) is -0.538. The first-order valence-electron chi connectivity index (χ1n) is 4.88. The lowest BCUT2D eigenvalue weighted by Gasteiger charge is -2.20. The van der Waals surface area contributed by atoms with Crippen molar-refractivity contribution < 1.29 is 14.3 Å². The molecule has 0 aliphatic heterocycles. The highest BCUT2D eigenvalue weighted by molar-refractivity contribution is 6.31. The van der Waals surface area contributed by atoms with Crippen LogP contribution in [0.2, 0.25) is 5.02 Å². The molecule has 0 heterocycles. The van der Waals surface area contributed by atoms with Gasteiger partial charge in [0, 0.05) is 13.6 Å². The average molecular weight is 260 g/mol. The van der Waals surface area contributed by atoms with Crippen LogP contribution in [0.3, 0.4) is 0 Å². The number of nitrogens with one attached hydrogen (secondary N) is 1. The van der Waals surface area contributed by atoms with Gasteiger partial charge in [-0.25, -0.2) is 9.18 Å². The van der Waals surface area contributed by atoms with Gasteiger partial charge in [-0.3, -0.25) is 0 Å². The Morgan fingerprint density at radius 2 is 2.35 bits per heavy atom. The molecule has 0 bridgehead atoms. The standard InChI is InChI=1S/C11H13ClFN2O2/c1-7(16)15(2)11(17)14-6-8-4-3-5-9(13)10(8)12/h3-5,7,16H,1,6H2,2H3,(H,14,17). The molecule has 0 aliphatic carbocycles. The Labute approximate surface area is 104 Å². The van der Waals surface area contributed by atoms with Gasteiger partial charge in [0.15, 0.2) is 0 Å². The molecule has 1 atom stereocenters. The number of aliphatic hydroxyl groups is 1. The summed E-state index contributed by atoms with van der Waals surface area (Å²) in [7, 11) is 1.39. The molecule has 93 valence electrons. The second kappa shape index (κ2) is 5.84. The summed E-state index contributed by atoms with van der Waals surface area (Å²) < 4.78 is 13.1. The van der Waals surface area contributed by atoms with E-state index in [2.05, 4.69) is 12.2 Å². The molecule has 0 aliphatic rings. The lowest BCUT2D eigenvalue weighted by atomic mass is 10.2. The first-order valence-corrected chi connectivity index (χ1v) is 5.26. The first kappa shape index (κ1) is 13.7. The summed E-state index contributed by atoms with van der Waals surface area (Å²) in [6.45, 7) is 3.36. The Kier molecular flexibility index (Phi) is 4.72. The minimum absolute atomic E-state index is 0.0226. The number of hydrogen-bond donors (Lipinski definition) is 2. The molecule has 4 nitrogen and oxygen atoms in total. The number of urea groups is 1. The average Bonchev–Trinajstić information content (AvgIpc) is 2.29. The van der Waals surface area contributed by atoms with E-state index in [1.54, 1.807) is 6.07 Å². The van der Waals surface area contributed by atoms with Crippen LogP contribution in [0.1, 0.15) is 5.56 Å². The minimum Gasteiger partial charge on any atom is -0.373 e. The van der Waals surface area contributed by atoms with E-state index in [0.29, 0.717) is 5.56 Å². The maximum Gasteiger partial charge on any atom is 0.319 e. The van der Waals surface area contributed by atoms with Crippen molar-refractivity contribution in [1.82, 2.24) is 10.2 Å². The van der Waals surface area contributed by atoms with Crippen molar-refractivity contribution >= 4 is 17.6 Å². The van der Waals surface area contributed by atoms with Gasteiger partial charge >= 0.3 is 6.03 Å². The number of carbonyl (C=O) groups is 1. The summed E-state index contributed by atoms with van der Waals surface area (Å²) in [6.07, 6.45) is -1.14. The fourth-order valence-electron chi connectivity index (χ4n) is 1.12. The maximum atomic E-state index is 13.1.